The van der Waals surface area contributed by atoms with Crippen LogP contribution >= 0.6 is 0 Å². The molecule has 2 heterocycles. The molecule has 7 nitrogen and oxygen atoms in total. The second-order valence-electron chi connectivity index (χ2n) is 7.34. The Morgan fingerprint density at radius 2 is 1.78 bits per heavy atom. The highest BCUT2D eigenvalue weighted by Gasteiger charge is 2.28. The molecule has 0 spiro atoms. The number of hydrogen-bond acceptors (Lipinski definition) is 7. The number of rotatable bonds is 9. The quantitative estimate of drug-likeness (QED) is 0.369. The van der Waals surface area contributed by atoms with E-state index >= 15 is 0 Å². The number of hydrogen-bond donors (Lipinski definition) is 0. The van der Waals surface area contributed by atoms with Crippen molar-refractivity contribution in [1.82, 2.24) is 4.90 Å². The second-order valence-corrected chi connectivity index (χ2v) is 7.34. The molecule has 168 valence electrons. The molecule has 0 unspecified atom stereocenters. The van der Waals surface area contributed by atoms with Crippen LogP contribution in [0, 0.1) is 0 Å². The molecule has 0 radical (unpaired) electrons. The largest absolute Gasteiger partial charge is 0.495 e. The Balaban J connectivity index is 1.70. The summed E-state index contributed by atoms with van der Waals surface area (Å²) >= 11 is 0. The van der Waals surface area contributed by atoms with Gasteiger partial charge in [0.05, 0.1) is 39.1 Å². The lowest BCUT2D eigenvalue weighted by molar-refractivity contribution is 0.0320. The zero-order valence-corrected chi connectivity index (χ0v) is 18.3. The topological polar surface area (TPSA) is 70.4 Å². The van der Waals surface area contributed by atoms with Crippen LogP contribution < -0.4 is 14.2 Å². The number of methoxy groups -OCH3 is 2. The van der Waals surface area contributed by atoms with E-state index in [2.05, 4.69) is 4.90 Å². The molecule has 32 heavy (non-hydrogen) atoms. The number of carbonyl (C=O) groups is 1. The predicted molar refractivity (Wildman–Crippen MR) is 122 cm³/mol. The molecular formula is C25H27NO6. The summed E-state index contributed by atoms with van der Waals surface area (Å²) in [5.74, 6) is 0.860. The van der Waals surface area contributed by atoms with Crippen LogP contribution in [0.2, 0.25) is 0 Å². The molecule has 0 amide bonds. The highest BCUT2D eigenvalue weighted by Crippen LogP contribution is 2.46. The Labute approximate surface area is 187 Å². The minimum absolute atomic E-state index is 0.242. The first-order valence-corrected chi connectivity index (χ1v) is 10.6. The number of ketones is 1. The molecule has 2 aromatic carbocycles. The fourth-order valence-corrected chi connectivity index (χ4v) is 3.80. The van der Waals surface area contributed by atoms with Crippen LogP contribution in [0.4, 0.5) is 0 Å². The maximum absolute atomic E-state index is 13.4. The summed E-state index contributed by atoms with van der Waals surface area (Å²) in [5, 5.41) is 0.654. The van der Waals surface area contributed by atoms with Crippen molar-refractivity contribution in [1.29, 1.82) is 0 Å². The van der Waals surface area contributed by atoms with Gasteiger partial charge in [-0.1, -0.05) is 36.4 Å². The monoisotopic (exact) mass is 437 g/mol. The van der Waals surface area contributed by atoms with Gasteiger partial charge in [-0.15, -0.1) is 0 Å². The average Bonchev–Trinajstić information content (AvgIpc) is 3.32. The van der Waals surface area contributed by atoms with Gasteiger partial charge in [0.2, 0.25) is 5.75 Å². The Hall–Kier alpha value is -3.29. The number of furan rings is 1. The van der Waals surface area contributed by atoms with Crippen molar-refractivity contribution in [2.24, 2.45) is 0 Å². The lowest BCUT2D eigenvalue weighted by atomic mass is 10.0. The van der Waals surface area contributed by atoms with Gasteiger partial charge in [0.15, 0.2) is 17.1 Å². The van der Waals surface area contributed by atoms with E-state index in [1.165, 1.54) is 20.3 Å². The molecule has 0 atom stereocenters. The van der Waals surface area contributed by atoms with Crippen LogP contribution in [-0.4, -0.2) is 64.4 Å². The van der Waals surface area contributed by atoms with Crippen molar-refractivity contribution >= 4 is 22.8 Å². The van der Waals surface area contributed by atoms with Crippen molar-refractivity contribution in [3.05, 3.63) is 59.9 Å². The van der Waals surface area contributed by atoms with Crippen LogP contribution in [0.25, 0.3) is 17.0 Å². The smallest absolute Gasteiger partial charge is 0.205 e. The summed E-state index contributed by atoms with van der Waals surface area (Å²) in [6, 6.07) is 11.4. The second kappa shape index (κ2) is 10.3. The van der Waals surface area contributed by atoms with Crippen molar-refractivity contribution < 1.29 is 28.2 Å². The van der Waals surface area contributed by atoms with Crippen LogP contribution in [0.5, 0.6) is 17.2 Å². The lowest BCUT2D eigenvalue weighted by Crippen LogP contribution is -2.38. The molecular weight excluding hydrogens is 410 g/mol. The minimum Gasteiger partial charge on any atom is -0.495 e. The number of carbonyl (C=O) groups excluding carboxylic acids is 1. The Bertz CT molecular complexity index is 1080. The maximum atomic E-state index is 13.4. The van der Waals surface area contributed by atoms with Gasteiger partial charge in [-0.25, -0.2) is 0 Å². The van der Waals surface area contributed by atoms with Gasteiger partial charge in [0.25, 0.3) is 0 Å². The van der Waals surface area contributed by atoms with Gasteiger partial charge in [-0.3, -0.25) is 9.69 Å². The highest BCUT2D eigenvalue weighted by molar-refractivity contribution is 6.15. The van der Waals surface area contributed by atoms with Crippen molar-refractivity contribution in [2.75, 3.05) is 53.7 Å². The zero-order valence-electron chi connectivity index (χ0n) is 18.3. The van der Waals surface area contributed by atoms with Crippen LogP contribution in [-0.2, 0) is 4.74 Å². The molecule has 1 aliphatic rings. The summed E-state index contributed by atoms with van der Waals surface area (Å²) in [6.45, 7) is 4.22. The van der Waals surface area contributed by atoms with Crippen LogP contribution in [0.1, 0.15) is 15.9 Å². The van der Waals surface area contributed by atoms with Gasteiger partial charge in [0.1, 0.15) is 17.9 Å². The predicted octanol–water partition coefficient (Wildman–Crippen LogP) is 4.06. The molecule has 1 fully saturated rings. The first-order valence-electron chi connectivity index (χ1n) is 10.6. The maximum Gasteiger partial charge on any atom is 0.205 e. The Morgan fingerprint density at radius 3 is 2.50 bits per heavy atom. The first-order chi connectivity index (χ1) is 15.7. The molecule has 0 N–H and O–H groups in total. The number of benzene rings is 2. The molecule has 1 saturated heterocycles. The average molecular weight is 437 g/mol. The summed E-state index contributed by atoms with van der Waals surface area (Å²) in [7, 11) is 3.07. The van der Waals surface area contributed by atoms with E-state index in [1.54, 1.807) is 18.4 Å². The molecule has 0 bridgehead atoms. The Morgan fingerprint density at radius 1 is 1.03 bits per heavy atom. The normalized spacial score (nSPS) is 14.7. The van der Waals surface area contributed by atoms with E-state index in [1.807, 2.05) is 30.3 Å². The van der Waals surface area contributed by atoms with Crippen molar-refractivity contribution in [2.45, 2.75) is 0 Å². The van der Waals surface area contributed by atoms with E-state index in [-0.39, 0.29) is 5.78 Å². The fraction of sp³-hybridized carbons (Fsp3) is 0.320. The molecule has 3 aromatic rings. The number of nitrogens with zero attached hydrogens (tertiary/aromatic N) is 1. The third kappa shape index (κ3) is 4.64. The summed E-state index contributed by atoms with van der Waals surface area (Å²) in [4.78, 5) is 15.6. The SMILES string of the molecule is COc1c(C(=O)/C=C/c2ccccc2)c(OCCN2CCOCC2)c(OC)c2occc12. The number of allylic oxidation sites excluding steroid dienone is 1. The van der Waals surface area contributed by atoms with E-state index in [0.717, 1.165) is 18.7 Å². The van der Waals surface area contributed by atoms with Crippen molar-refractivity contribution in [3.63, 3.8) is 0 Å². The zero-order chi connectivity index (χ0) is 22.3. The summed E-state index contributed by atoms with van der Waals surface area (Å²) < 4.78 is 28.5. The molecule has 7 heteroatoms. The van der Waals surface area contributed by atoms with E-state index in [0.29, 0.717) is 60.1 Å². The van der Waals surface area contributed by atoms with E-state index in [9.17, 15) is 4.79 Å². The highest BCUT2D eigenvalue weighted by atomic mass is 16.5. The molecule has 0 saturated carbocycles. The third-order valence-corrected chi connectivity index (χ3v) is 5.42. The summed E-state index contributed by atoms with van der Waals surface area (Å²) in [5.41, 5.74) is 1.72. The molecule has 4 rings (SSSR count). The van der Waals surface area contributed by atoms with Gasteiger partial charge < -0.3 is 23.4 Å². The molecule has 1 aromatic heterocycles. The minimum atomic E-state index is -0.242. The number of fused-ring (bicyclic) bond motifs is 1. The van der Waals surface area contributed by atoms with E-state index < -0.39 is 0 Å². The van der Waals surface area contributed by atoms with Gasteiger partial charge in [0, 0.05) is 19.6 Å². The third-order valence-electron chi connectivity index (χ3n) is 5.42. The molecule has 1 aliphatic heterocycles. The van der Waals surface area contributed by atoms with Crippen LogP contribution in [0.15, 0.2) is 53.2 Å². The lowest BCUT2D eigenvalue weighted by Gasteiger charge is -2.26. The van der Waals surface area contributed by atoms with E-state index in [4.69, 9.17) is 23.4 Å². The fourth-order valence-electron chi connectivity index (χ4n) is 3.80. The van der Waals surface area contributed by atoms with Crippen LogP contribution in [0.3, 0.4) is 0 Å². The molecule has 0 aliphatic carbocycles. The first kappa shape index (κ1) is 21.9. The van der Waals surface area contributed by atoms with Crippen molar-refractivity contribution in [3.8, 4) is 17.2 Å². The van der Waals surface area contributed by atoms with Gasteiger partial charge in [-0.05, 0) is 17.7 Å². The number of morpholine rings is 1. The van der Waals surface area contributed by atoms with Gasteiger partial charge in [-0.2, -0.15) is 0 Å². The summed E-state index contributed by atoms with van der Waals surface area (Å²) in [6.07, 6.45) is 4.83. The standard InChI is InChI=1S/C25H27NO6/c1-28-22-19-10-14-31-23(19)25(29-2)24(32-17-13-26-11-15-30-16-12-26)21(22)20(27)9-8-18-6-4-3-5-7-18/h3-10,14H,11-13,15-17H2,1-2H3/b9-8+. The Kier molecular flexibility index (Phi) is 7.09. The number of ether oxygens (including phenoxy) is 4. The van der Waals surface area contributed by atoms with Gasteiger partial charge >= 0.3 is 0 Å².